The monoisotopic (exact) mass is 390 g/mol. The minimum atomic E-state index is -0.476. The Morgan fingerprint density at radius 1 is 1.37 bits per heavy atom. The molecule has 0 spiro atoms. The van der Waals surface area contributed by atoms with Crippen molar-refractivity contribution in [2.75, 3.05) is 18.4 Å². The van der Waals surface area contributed by atoms with Gasteiger partial charge in [-0.3, -0.25) is 4.68 Å². The highest BCUT2D eigenvalue weighted by Gasteiger charge is 2.31. The second-order valence-electron chi connectivity index (χ2n) is 8.04. The molecule has 1 fully saturated rings. The van der Waals surface area contributed by atoms with Gasteiger partial charge in [0.05, 0.1) is 6.04 Å². The summed E-state index contributed by atoms with van der Waals surface area (Å²) >= 11 is 6.11. The molecule has 27 heavy (non-hydrogen) atoms. The molecule has 1 atom stereocenters. The van der Waals surface area contributed by atoms with E-state index in [0.717, 1.165) is 28.4 Å². The van der Waals surface area contributed by atoms with E-state index < -0.39 is 5.60 Å². The van der Waals surface area contributed by atoms with Crippen LogP contribution in [0.3, 0.4) is 0 Å². The summed E-state index contributed by atoms with van der Waals surface area (Å²) in [7, 11) is 0. The van der Waals surface area contributed by atoms with Crippen LogP contribution in [-0.2, 0) is 11.3 Å². The molecule has 2 heterocycles. The molecule has 1 N–H and O–H groups in total. The zero-order chi connectivity index (χ0) is 19.6. The number of hydrogen-bond acceptors (Lipinski definition) is 4. The number of aryl methyl sites for hydroxylation is 1. The Hall–Kier alpha value is -2.21. The van der Waals surface area contributed by atoms with Crippen LogP contribution in [-0.4, -0.2) is 39.5 Å². The predicted octanol–water partition coefficient (Wildman–Crippen LogP) is 4.64. The molecule has 146 valence electrons. The number of carbonyl (C=O) groups is 1. The molecule has 1 saturated heterocycles. The molecule has 7 heteroatoms. The minimum Gasteiger partial charge on any atom is -0.444 e. The standard InChI is InChI=1S/C20H27ClN4O2/c1-14-9-15(11-16(21)10-14)12-22-18-6-8-25(23-18)17-5-7-24(13-17)19(26)27-20(2,3)4/h6,8-11,17H,5,7,12-13H2,1-4H3,(H,22,23). The van der Waals surface area contributed by atoms with Crippen LogP contribution >= 0.6 is 11.6 Å². The Kier molecular flexibility index (Phi) is 5.65. The van der Waals surface area contributed by atoms with Crippen LogP contribution in [0.5, 0.6) is 0 Å². The minimum absolute atomic E-state index is 0.168. The van der Waals surface area contributed by atoms with Crippen LogP contribution in [0.4, 0.5) is 10.6 Å². The number of nitrogens with one attached hydrogen (secondary N) is 1. The van der Waals surface area contributed by atoms with Crippen molar-refractivity contribution in [2.45, 2.75) is 52.3 Å². The number of anilines is 1. The molecule has 0 aliphatic carbocycles. The first kappa shape index (κ1) is 19.5. The normalized spacial score (nSPS) is 17.2. The van der Waals surface area contributed by atoms with Gasteiger partial charge in [0.1, 0.15) is 11.4 Å². The van der Waals surface area contributed by atoms with Crippen molar-refractivity contribution < 1.29 is 9.53 Å². The molecule has 3 rings (SSSR count). The molecular formula is C20H27ClN4O2. The molecule has 1 amide bonds. The number of benzene rings is 1. The van der Waals surface area contributed by atoms with Gasteiger partial charge in [0.2, 0.25) is 0 Å². The van der Waals surface area contributed by atoms with Crippen molar-refractivity contribution >= 4 is 23.5 Å². The van der Waals surface area contributed by atoms with Gasteiger partial charge in [0.25, 0.3) is 0 Å². The third-order valence-corrected chi connectivity index (χ3v) is 4.59. The first-order chi connectivity index (χ1) is 12.7. The van der Waals surface area contributed by atoms with Crippen LogP contribution in [0.15, 0.2) is 30.5 Å². The maximum absolute atomic E-state index is 12.2. The van der Waals surface area contributed by atoms with Crippen LogP contribution < -0.4 is 5.32 Å². The summed E-state index contributed by atoms with van der Waals surface area (Å²) in [5.74, 6) is 0.809. The molecule has 1 aliphatic rings. The Bertz CT molecular complexity index is 792. The SMILES string of the molecule is Cc1cc(Cl)cc(CNc2ccn(C3CCN(C(=O)OC(C)(C)C)C3)n2)c1. The van der Waals surface area contributed by atoms with Gasteiger partial charge >= 0.3 is 6.09 Å². The van der Waals surface area contributed by atoms with Crippen molar-refractivity contribution in [3.63, 3.8) is 0 Å². The Labute approximate surface area is 165 Å². The molecule has 0 bridgehead atoms. The first-order valence-corrected chi connectivity index (χ1v) is 9.60. The van der Waals surface area contributed by atoms with E-state index in [1.807, 2.05) is 56.8 Å². The van der Waals surface area contributed by atoms with Gasteiger partial charge in [-0.25, -0.2) is 4.79 Å². The summed E-state index contributed by atoms with van der Waals surface area (Å²) in [5, 5.41) is 8.68. The van der Waals surface area contributed by atoms with E-state index in [2.05, 4.69) is 16.5 Å². The van der Waals surface area contributed by atoms with Gasteiger partial charge in [0.15, 0.2) is 0 Å². The highest BCUT2D eigenvalue weighted by molar-refractivity contribution is 6.30. The summed E-state index contributed by atoms with van der Waals surface area (Å²) in [4.78, 5) is 14.0. The first-order valence-electron chi connectivity index (χ1n) is 9.23. The van der Waals surface area contributed by atoms with Crippen LogP contribution in [0, 0.1) is 6.92 Å². The molecule has 1 aromatic carbocycles. The second kappa shape index (κ2) is 7.80. The predicted molar refractivity (Wildman–Crippen MR) is 107 cm³/mol. The molecule has 0 radical (unpaired) electrons. The van der Waals surface area contributed by atoms with E-state index in [4.69, 9.17) is 16.3 Å². The molecule has 1 unspecified atom stereocenters. The summed E-state index contributed by atoms with van der Waals surface area (Å²) in [5.41, 5.74) is 1.78. The molecule has 6 nitrogen and oxygen atoms in total. The molecular weight excluding hydrogens is 364 g/mol. The third kappa shape index (κ3) is 5.39. The lowest BCUT2D eigenvalue weighted by Crippen LogP contribution is -2.35. The Balaban J connectivity index is 1.56. The fourth-order valence-corrected chi connectivity index (χ4v) is 3.50. The lowest BCUT2D eigenvalue weighted by molar-refractivity contribution is 0.0288. The molecule has 0 saturated carbocycles. The van der Waals surface area contributed by atoms with E-state index in [1.54, 1.807) is 4.90 Å². The number of ether oxygens (including phenoxy) is 1. The van der Waals surface area contributed by atoms with Crippen molar-refractivity contribution in [2.24, 2.45) is 0 Å². The summed E-state index contributed by atoms with van der Waals surface area (Å²) in [6, 6.07) is 8.12. The average Bonchev–Trinajstić information content (AvgIpc) is 3.19. The topological polar surface area (TPSA) is 59.4 Å². The Morgan fingerprint density at radius 3 is 2.85 bits per heavy atom. The third-order valence-electron chi connectivity index (χ3n) is 4.37. The maximum atomic E-state index is 12.2. The van der Waals surface area contributed by atoms with Crippen molar-refractivity contribution in [1.29, 1.82) is 0 Å². The number of amides is 1. The smallest absolute Gasteiger partial charge is 0.410 e. The quantitative estimate of drug-likeness (QED) is 0.826. The largest absolute Gasteiger partial charge is 0.444 e. The van der Waals surface area contributed by atoms with E-state index in [9.17, 15) is 4.79 Å². The van der Waals surface area contributed by atoms with Gasteiger partial charge < -0.3 is 15.0 Å². The van der Waals surface area contributed by atoms with Crippen LogP contribution in [0.2, 0.25) is 5.02 Å². The van der Waals surface area contributed by atoms with Gasteiger partial charge in [-0.1, -0.05) is 17.7 Å². The maximum Gasteiger partial charge on any atom is 0.410 e. The molecule has 2 aromatic rings. The second-order valence-corrected chi connectivity index (χ2v) is 8.48. The van der Waals surface area contributed by atoms with Crippen molar-refractivity contribution in [3.8, 4) is 0 Å². The summed E-state index contributed by atoms with van der Waals surface area (Å²) < 4.78 is 7.38. The van der Waals surface area contributed by atoms with E-state index >= 15 is 0 Å². The van der Waals surface area contributed by atoms with Crippen molar-refractivity contribution in [3.05, 3.63) is 46.6 Å². The van der Waals surface area contributed by atoms with Crippen molar-refractivity contribution in [1.82, 2.24) is 14.7 Å². The van der Waals surface area contributed by atoms with Crippen LogP contribution in [0.25, 0.3) is 0 Å². The fourth-order valence-electron chi connectivity index (χ4n) is 3.19. The highest BCUT2D eigenvalue weighted by atomic mass is 35.5. The lowest BCUT2D eigenvalue weighted by Gasteiger charge is -2.24. The number of halogens is 1. The number of aromatic nitrogens is 2. The average molecular weight is 391 g/mol. The lowest BCUT2D eigenvalue weighted by atomic mass is 10.1. The number of carbonyl (C=O) groups excluding carboxylic acids is 1. The van der Waals surface area contributed by atoms with Gasteiger partial charge in [0, 0.05) is 36.9 Å². The van der Waals surface area contributed by atoms with Gasteiger partial charge in [-0.2, -0.15) is 5.10 Å². The fraction of sp³-hybridized carbons (Fsp3) is 0.500. The number of likely N-dealkylation sites (tertiary alicyclic amines) is 1. The molecule has 1 aromatic heterocycles. The summed E-state index contributed by atoms with van der Waals surface area (Å²) in [6.07, 6.45) is 2.56. The molecule has 1 aliphatic heterocycles. The number of nitrogens with zero attached hydrogens (tertiary/aromatic N) is 3. The van der Waals surface area contributed by atoms with E-state index in [1.165, 1.54) is 0 Å². The Morgan fingerprint density at radius 2 is 2.15 bits per heavy atom. The number of hydrogen-bond donors (Lipinski definition) is 1. The van der Waals surface area contributed by atoms with Gasteiger partial charge in [-0.15, -0.1) is 0 Å². The zero-order valence-electron chi connectivity index (χ0n) is 16.3. The van der Waals surface area contributed by atoms with Gasteiger partial charge in [-0.05, 0) is 57.4 Å². The number of rotatable bonds is 4. The van der Waals surface area contributed by atoms with E-state index in [0.29, 0.717) is 19.6 Å². The van der Waals surface area contributed by atoms with E-state index in [-0.39, 0.29) is 12.1 Å². The highest BCUT2D eigenvalue weighted by Crippen LogP contribution is 2.24. The summed E-state index contributed by atoms with van der Waals surface area (Å²) in [6.45, 7) is 9.63. The zero-order valence-corrected chi connectivity index (χ0v) is 17.1. The van der Waals surface area contributed by atoms with Crippen LogP contribution in [0.1, 0.15) is 44.4 Å².